The van der Waals surface area contributed by atoms with E-state index in [2.05, 4.69) is 46.4 Å². The van der Waals surface area contributed by atoms with Crippen molar-refractivity contribution in [2.45, 2.75) is 20.4 Å². The summed E-state index contributed by atoms with van der Waals surface area (Å²) in [5.41, 5.74) is 9.26. The molecule has 1 aromatic heterocycles. The molecule has 2 aromatic rings. The van der Waals surface area contributed by atoms with Crippen molar-refractivity contribution >= 4 is 11.6 Å². The fraction of sp³-hybridized carbons (Fsp3) is 0.308. The largest absolute Gasteiger partial charge is 0.370 e. The zero-order valence-corrected chi connectivity index (χ0v) is 11.2. The second kappa shape index (κ2) is 5.99. The first-order chi connectivity index (χ1) is 9.15. The molecule has 0 aliphatic heterocycles. The van der Waals surface area contributed by atoms with Gasteiger partial charge >= 0.3 is 0 Å². The highest BCUT2D eigenvalue weighted by atomic mass is 15.3. The van der Waals surface area contributed by atoms with Gasteiger partial charge in [-0.15, -0.1) is 0 Å². The van der Waals surface area contributed by atoms with Crippen LogP contribution in [-0.2, 0) is 6.54 Å². The summed E-state index contributed by atoms with van der Waals surface area (Å²) in [6.07, 6.45) is 3.16. The Balaban J connectivity index is 1.89. The van der Waals surface area contributed by atoms with Crippen LogP contribution in [0.15, 0.2) is 35.8 Å². The van der Waals surface area contributed by atoms with Crippen molar-refractivity contribution in [2.24, 2.45) is 10.7 Å². The number of nitrogens with two attached hydrogens (primary N) is 1. The second-order valence-corrected chi connectivity index (χ2v) is 4.35. The Morgan fingerprint density at radius 3 is 2.89 bits per heavy atom. The third-order valence-electron chi connectivity index (χ3n) is 2.86. The molecule has 0 aliphatic carbocycles. The van der Waals surface area contributed by atoms with Gasteiger partial charge in [0.15, 0.2) is 5.96 Å². The fourth-order valence-electron chi connectivity index (χ4n) is 1.63. The molecule has 2 rings (SSSR count). The Labute approximate surface area is 112 Å². The number of guanidine groups is 1. The molecule has 19 heavy (non-hydrogen) atoms. The van der Waals surface area contributed by atoms with E-state index in [1.807, 2.05) is 6.07 Å². The summed E-state index contributed by atoms with van der Waals surface area (Å²) < 4.78 is 1.72. The highest BCUT2D eigenvalue weighted by Crippen LogP contribution is 2.13. The molecular formula is C13H18N6. The first-order valence-corrected chi connectivity index (χ1v) is 6.12. The summed E-state index contributed by atoms with van der Waals surface area (Å²) >= 11 is 0. The Morgan fingerprint density at radius 2 is 2.21 bits per heavy atom. The maximum atomic E-state index is 5.83. The molecule has 0 saturated heterocycles. The molecular weight excluding hydrogens is 240 g/mol. The van der Waals surface area contributed by atoms with Crippen LogP contribution in [0.25, 0.3) is 0 Å². The van der Waals surface area contributed by atoms with Crippen LogP contribution in [0.1, 0.15) is 11.1 Å². The number of rotatable bonds is 4. The normalized spacial score (nSPS) is 11.6. The third-order valence-corrected chi connectivity index (χ3v) is 2.86. The van der Waals surface area contributed by atoms with Crippen molar-refractivity contribution in [1.82, 2.24) is 14.8 Å². The highest BCUT2D eigenvalue weighted by molar-refractivity contribution is 5.92. The van der Waals surface area contributed by atoms with Crippen LogP contribution in [-0.4, -0.2) is 27.3 Å². The van der Waals surface area contributed by atoms with Crippen LogP contribution in [0.5, 0.6) is 0 Å². The van der Waals surface area contributed by atoms with Crippen LogP contribution >= 0.6 is 0 Å². The summed E-state index contributed by atoms with van der Waals surface area (Å²) in [7, 11) is 0. The Bertz CT molecular complexity index is 559. The van der Waals surface area contributed by atoms with Crippen molar-refractivity contribution < 1.29 is 0 Å². The average Bonchev–Trinajstić information content (AvgIpc) is 2.87. The van der Waals surface area contributed by atoms with E-state index >= 15 is 0 Å². The number of benzene rings is 1. The molecule has 0 atom stereocenters. The van der Waals surface area contributed by atoms with Gasteiger partial charge in [0, 0.05) is 5.69 Å². The lowest BCUT2D eigenvalue weighted by Gasteiger charge is -2.08. The number of aromatic nitrogens is 3. The minimum absolute atomic E-state index is 0.406. The fourth-order valence-corrected chi connectivity index (χ4v) is 1.63. The summed E-state index contributed by atoms with van der Waals surface area (Å²) in [6, 6.07) is 6.09. The molecule has 0 bridgehead atoms. The van der Waals surface area contributed by atoms with Crippen molar-refractivity contribution in [3.8, 4) is 0 Å². The van der Waals surface area contributed by atoms with Gasteiger partial charge in [-0.3, -0.25) is 9.67 Å². The Morgan fingerprint density at radius 1 is 1.37 bits per heavy atom. The van der Waals surface area contributed by atoms with Crippen LogP contribution < -0.4 is 11.1 Å². The molecule has 0 saturated carbocycles. The predicted octanol–water partition coefficient (Wildman–Crippen LogP) is 1.32. The first-order valence-electron chi connectivity index (χ1n) is 6.12. The van der Waals surface area contributed by atoms with Crippen molar-refractivity contribution in [1.29, 1.82) is 0 Å². The molecule has 3 N–H and O–H groups in total. The lowest BCUT2D eigenvalue weighted by molar-refractivity contribution is 0.624. The third kappa shape index (κ3) is 3.80. The van der Waals surface area contributed by atoms with Crippen molar-refractivity contribution in [3.05, 3.63) is 42.0 Å². The number of nitrogens with zero attached hydrogens (tertiary/aromatic N) is 4. The molecule has 100 valence electrons. The Hall–Kier alpha value is -2.37. The molecule has 6 nitrogen and oxygen atoms in total. The van der Waals surface area contributed by atoms with Crippen LogP contribution in [0.2, 0.25) is 0 Å². The number of hydrogen-bond donors (Lipinski definition) is 2. The summed E-state index contributed by atoms with van der Waals surface area (Å²) in [5, 5.41) is 7.07. The minimum Gasteiger partial charge on any atom is -0.370 e. The molecule has 1 heterocycles. The van der Waals surface area contributed by atoms with Crippen LogP contribution in [0.3, 0.4) is 0 Å². The molecule has 0 fully saturated rings. The minimum atomic E-state index is 0.406. The van der Waals surface area contributed by atoms with Gasteiger partial charge in [-0.25, -0.2) is 4.98 Å². The second-order valence-electron chi connectivity index (χ2n) is 4.35. The predicted molar refractivity (Wildman–Crippen MR) is 76.1 cm³/mol. The SMILES string of the molecule is Cc1ccc(NC(N)=NCCn2cncn2)cc1C. The van der Waals surface area contributed by atoms with Gasteiger partial charge in [-0.1, -0.05) is 6.07 Å². The van der Waals surface area contributed by atoms with Crippen molar-refractivity contribution in [3.63, 3.8) is 0 Å². The first kappa shape index (κ1) is 13.1. The average molecular weight is 258 g/mol. The van der Waals surface area contributed by atoms with Crippen LogP contribution in [0.4, 0.5) is 5.69 Å². The quantitative estimate of drug-likeness (QED) is 0.640. The maximum Gasteiger partial charge on any atom is 0.193 e. The zero-order chi connectivity index (χ0) is 13.7. The van der Waals surface area contributed by atoms with Gasteiger partial charge in [0.05, 0.1) is 13.1 Å². The van der Waals surface area contributed by atoms with E-state index < -0.39 is 0 Å². The van der Waals surface area contributed by atoms with E-state index in [0.29, 0.717) is 19.0 Å². The van der Waals surface area contributed by atoms with Gasteiger partial charge < -0.3 is 11.1 Å². The summed E-state index contributed by atoms with van der Waals surface area (Å²) in [6.45, 7) is 5.37. The molecule has 0 radical (unpaired) electrons. The zero-order valence-electron chi connectivity index (χ0n) is 11.2. The van der Waals surface area contributed by atoms with Crippen LogP contribution in [0, 0.1) is 13.8 Å². The van der Waals surface area contributed by atoms with Crippen molar-refractivity contribution in [2.75, 3.05) is 11.9 Å². The number of aryl methyl sites for hydroxylation is 2. The van der Waals surface area contributed by atoms with Gasteiger partial charge in [-0.2, -0.15) is 5.10 Å². The lowest BCUT2D eigenvalue weighted by atomic mass is 10.1. The summed E-state index contributed by atoms with van der Waals surface area (Å²) in [5.74, 6) is 0.406. The topological polar surface area (TPSA) is 81.1 Å². The molecule has 0 unspecified atom stereocenters. The maximum absolute atomic E-state index is 5.83. The molecule has 6 heteroatoms. The lowest BCUT2D eigenvalue weighted by Crippen LogP contribution is -2.23. The monoisotopic (exact) mass is 258 g/mol. The molecule has 0 spiro atoms. The van der Waals surface area contributed by atoms with E-state index in [4.69, 9.17) is 5.73 Å². The summed E-state index contributed by atoms with van der Waals surface area (Å²) in [4.78, 5) is 8.10. The smallest absolute Gasteiger partial charge is 0.193 e. The number of hydrogen-bond acceptors (Lipinski definition) is 3. The molecule has 0 aliphatic rings. The van der Waals surface area contributed by atoms with Gasteiger partial charge in [0.25, 0.3) is 0 Å². The van der Waals surface area contributed by atoms with E-state index in [1.54, 1.807) is 11.0 Å². The van der Waals surface area contributed by atoms with E-state index in [9.17, 15) is 0 Å². The van der Waals surface area contributed by atoms with E-state index in [0.717, 1.165) is 5.69 Å². The number of anilines is 1. The van der Waals surface area contributed by atoms with Gasteiger partial charge in [0.1, 0.15) is 12.7 Å². The standard InChI is InChI=1S/C13H18N6/c1-10-3-4-12(7-11(10)2)18-13(14)16-5-6-19-9-15-8-17-19/h3-4,7-9H,5-6H2,1-2H3,(H3,14,16,18). The number of nitrogens with one attached hydrogen (secondary N) is 1. The van der Waals surface area contributed by atoms with Gasteiger partial charge in [0.2, 0.25) is 0 Å². The van der Waals surface area contributed by atoms with E-state index in [1.165, 1.54) is 17.5 Å². The molecule has 1 aromatic carbocycles. The molecule has 0 amide bonds. The highest BCUT2D eigenvalue weighted by Gasteiger charge is 1.98. The van der Waals surface area contributed by atoms with Gasteiger partial charge in [-0.05, 0) is 37.1 Å². The number of aliphatic imine (C=N–C) groups is 1. The Kier molecular flexibility index (Phi) is 4.12. The van der Waals surface area contributed by atoms with E-state index in [-0.39, 0.29) is 0 Å².